The van der Waals surface area contributed by atoms with Crippen molar-refractivity contribution in [3.05, 3.63) is 71.2 Å². The third-order valence-electron chi connectivity index (χ3n) is 5.66. The molecule has 0 saturated heterocycles. The first-order valence-corrected chi connectivity index (χ1v) is 12.2. The Kier molecular flexibility index (Phi) is 5.99. The summed E-state index contributed by atoms with van der Waals surface area (Å²) < 4.78 is 58.0. The quantitative estimate of drug-likeness (QED) is 0.516. The topological polar surface area (TPSA) is 87.5 Å². The molecule has 34 heavy (non-hydrogen) atoms. The zero-order valence-corrected chi connectivity index (χ0v) is 20.1. The number of anilines is 2. The maximum atomic E-state index is 14.7. The van der Waals surface area contributed by atoms with Crippen LogP contribution in [0.2, 0.25) is 0 Å². The molecule has 0 bridgehead atoms. The van der Waals surface area contributed by atoms with Crippen LogP contribution >= 0.6 is 0 Å². The van der Waals surface area contributed by atoms with E-state index in [9.17, 15) is 22.4 Å². The largest absolute Gasteiger partial charge is 0.288 e. The molecule has 0 amide bonds. The van der Waals surface area contributed by atoms with E-state index in [2.05, 4.69) is 9.82 Å². The second-order valence-corrected chi connectivity index (χ2v) is 10.9. The van der Waals surface area contributed by atoms with E-state index in [1.807, 2.05) is 27.7 Å². The number of benzene rings is 2. The summed E-state index contributed by atoms with van der Waals surface area (Å²) in [6, 6.07) is 9.84. The fraction of sp³-hybridized carbons (Fsp3) is 0.292. The van der Waals surface area contributed by atoms with E-state index in [4.69, 9.17) is 0 Å². The van der Waals surface area contributed by atoms with Gasteiger partial charge in [0, 0.05) is 11.6 Å². The van der Waals surface area contributed by atoms with Crippen molar-refractivity contribution in [3.63, 3.8) is 0 Å². The maximum absolute atomic E-state index is 14.7. The molecule has 0 fully saturated rings. The predicted molar refractivity (Wildman–Crippen MR) is 127 cm³/mol. The summed E-state index contributed by atoms with van der Waals surface area (Å²) in [7, 11) is -4.22. The lowest BCUT2D eigenvalue weighted by Gasteiger charge is -2.28. The van der Waals surface area contributed by atoms with Crippen LogP contribution in [0.1, 0.15) is 44.5 Å². The minimum Gasteiger partial charge on any atom is -0.288 e. The highest BCUT2D eigenvalue weighted by molar-refractivity contribution is 7.92. The van der Waals surface area contributed by atoms with Gasteiger partial charge in [-0.1, -0.05) is 45.1 Å². The average molecular weight is 489 g/mol. The molecule has 1 aliphatic rings. The van der Waals surface area contributed by atoms with E-state index in [0.29, 0.717) is 22.5 Å². The number of fused-ring (bicyclic) bond motifs is 1. The highest BCUT2D eigenvalue weighted by Crippen LogP contribution is 2.34. The van der Waals surface area contributed by atoms with Gasteiger partial charge in [-0.05, 0) is 42.2 Å². The second kappa shape index (κ2) is 8.52. The van der Waals surface area contributed by atoms with Gasteiger partial charge in [0.05, 0.1) is 28.0 Å². The Morgan fingerprint density at radius 1 is 1.15 bits per heavy atom. The molecule has 0 aliphatic carbocycles. The van der Waals surface area contributed by atoms with Crippen molar-refractivity contribution in [1.29, 1.82) is 0 Å². The molecule has 7 nitrogen and oxygen atoms in total. The van der Waals surface area contributed by atoms with Crippen molar-refractivity contribution in [3.8, 4) is 5.69 Å². The van der Waals surface area contributed by atoms with E-state index >= 15 is 0 Å². The molecule has 180 valence electrons. The fourth-order valence-electron chi connectivity index (χ4n) is 3.85. The van der Waals surface area contributed by atoms with Crippen molar-refractivity contribution >= 4 is 27.6 Å². The van der Waals surface area contributed by atoms with E-state index in [0.717, 1.165) is 11.1 Å². The lowest BCUT2D eigenvalue weighted by atomic mass is 9.87. The number of halogens is 2. The van der Waals surface area contributed by atoms with Crippen LogP contribution in [0.4, 0.5) is 20.3 Å². The Morgan fingerprint density at radius 3 is 2.50 bits per heavy atom. The van der Waals surface area contributed by atoms with Crippen LogP contribution in [0.3, 0.4) is 0 Å². The average Bonchev–Trinajstić information content (AvgIpc) is 3.17. The summed E-state index contributed by atoms with van der Waals surface area (Å²) in [5.41, 5.74) is 1.43. The molecule has 1 unspecified atom stereocenters. The van der Waals surface area contributed by atoms with Gasteiger partial charge in [0.25, 0.3) is 10.0 Å². The van der Waals surface area contributed by atoms with Crippen molar-refractivity contribution in [2.45, 2.75) is 50.7 Å². The van der Waals surface area contributed by atoms with Gasteiger partial charge in [-0.25, -0.2) is 26.9 Å². The predicted octanol–water partition coefficient (Wildman–Crippen LogP) is 5.19. The smallest absolute Gasteiger partial charge is 0.263 e. The Labute approximate surface area is 197 Å². The van der Waals surface area contributed by atoms with E-state index in [1.165, 1.54) is 22.9 Å². The van der Waals surface area contributed by atoms with Crippen molar-refractivity contribution in [2.75, 3.05) is 9.79 Å². The van der Waals surface area contributed by atoms with E-state index in [-0.39, 0.29) is 22.4 Å². The molecule has 10 heteroatoms. The number of hydrogen-bond acceptors (Lipinski definition) is 5. The van der Waals surface area contributed by atoms with Gasteiger partial charge in [-0.15, -0.1) is 0 Å². The molecule has 2 heterocycles. The zero-order valence-electron chi connectivity index (χ0n) is 19.3. The zero-order chi connectivity index (χ0) is 24.8. The standard InChI is InChI=1S/C24H26F2N4O3S/c1-15-8-10-18-21(6-5-7-22(18)30(15)31)29-23(12-16(14-25)27-29)28-34(32,33)17-9-11-19(20(26)13-17)24(2,3)4/h5-13,15,28,31H,14H2,1-4H3. The van der Waals surface area contributed by atoms with Crippen molar-refractivity contribution in [1.82, 2.24) is 9.78 Å². The molecule has 0 saturated carbocycles. The van der Waals surface area contributed by atoms with Gasteiger partial charge in [0.2, 0.25) is 0 Å². The second-order valence-electron chi connectivity index (χ2n) is 9.22. The lowest BCUT2D eigenvalue weighted by Crippen LogP contribution is -2.30. The lowest BCUT2D eigenvalue weighted by molar-refractivity contribution is 0.237. The maximum Gasteiger partial charge on any atom is 0.263 e. The first-order chi connectivity index (χ1) is 15.9. The first-order valence-electron chi connectivity index (χ1n) is 10.7. The van der Waals surface area contributed by atoms with Gasteiger partial charge >= 0.3 is 0 Å². The van der Waals surface area contributed by atoms with Crippen LogP contribution in [-0.2, 0) is 22.1 Å². The third-order valence-corrected chi connectivity index (χ3v) is 7.01. The number of sulfonamides is 1. The Hall–Kier alpha value is -3.24. The molecule has 2 aromatic carbocycles. The molecule has 2 N–H and O–H groups in total. The van der Waals surface area contributed by atoms with Gasteiger partial charge in [-0.3, -0.25) is 9.93 Å². The van der Waals surface area contributed by atoms with Crippen LogP contribution in [-0.4, -0.2) is 29.4 Å². The number of nitrogens with zero attached hydrogens (tertiary/aromatic N) is 3. The van der Waals surface area contributed by atoms with Gasteiger partial charge < -0.3 is 0 Å². The number of aromatic nitrogens is 2. The molecule has 1 atom stereocenters. The fourth-order valence-corrected chi connectivity index (χ4v) is 4.90. The van der Waals surface area contributed by atoms with Crippen LogP contribution in [0.15, 0.2) is 53.4 Å². The van der Waals surface area contributed by atoms with Crippen LogP contribution in [0, 0.1) is 5.82 Å². The number of hydroxylamine groups is 1. The van der Waals surface area contributed by atoms with E-state index in [1.54, 1.807) is 30.4 Å². The molecule has 1 aromatic heterocycles. The normalized spacial score (nSPS) is 16.0. The minimum absolute atomic E-state index is 0.0126. The Morgan fingerprint density at radius 2 is 1.85 bits per heavy atom. The molecule has 0 spiro atoms. The number of nitrogens with one attached hydrogen (secondary N) is 1. The van der Waals surface area contributed by atoms with E-state index < -0.39 is 27.9 Å². The summed E-state index contributed by atoms with van der Waals surface area (Å²) in [4.78, 5) is -0.266. The van der Waals surface area contributed by atoms with Gasteiger partial charge in [0.1, 0.15) is 18.3 Å². The summed E-state index contributed by atoms with van der Waals surface area (Å²) in [6.07, 6.45) is 3.56. The molecule has 0 radical (unpaired) electrons. The minimum atomic E-state index is -4.22. The summed E-state index contributed by atoms with van der Waals surface area (Å²) in [6.45, 7) is 6.39. The SMILES string of the molecule is CC1C=Cc2c(cccc2-n2nc(CF)cc2NS(=O)(=O)c2ccc(C(C)(C)C)c(F)c2)N1O. The Balaban J connectivity index is 1.77. The monoisotopic (exact) mass is 488 g/mol. The Bertz CT molecular complexity index is 1380. The van der Waals surface area contributed by atoms with Crippen LogP contribution in [0.5, 0.6) is 0 Å². The summed E-state index contributed by atoms with van der Waals surface area (Å²) in [5, 5.41) is 15.7. The van der Waals surface area contributed by atoms with Gasteiger partial charge in [0.15, 0.2) is 0 Å². The number of hydrogen-bond donors (Lipinski definition) is 2. The highest BCUT2D eigenvalue weighted by Gasteiger charge is 2.26. The molecular formula is C24H26F2N4O3S. The molecule has 4 rings (SSSR count). The number of rotatable bonds is 5. The van der Waals surface area contributed by atoms with Gasteiger partial charge in [-0.2, -0.15) is 5.10 Å². The van der Waals surface area contributed by atoms with Crippen LogP contribution in [0.25, 0.3) is 11.8 Å². The van der Waals surface area contributed by atoms with Crippen molar-refractivity contribution < 1.29 is 22.4 Å². The first kappa shape index (κ1) is 23.9. The highest BCUT2D eigenvalue weighted by atomic mass is 32.2. The molecule has 1 aliphatic heterocycles. The third kappa shape index (κ3) is 4.30. The number of alkyl halides is 1. The molecule has 3 aromatic rings. The van der Waals surface area contributed by atoms with Crippen LogP contribution < -0.4 is 9.79 Å². The summed E-state index contributed by atoms with van der Waals surface area (Å²) >= 11 is 0. The molecular weight excluding hydrogens is 462 g/mol. The van der Waals surface area contributed by atoms with Crippen molar-refractivity contribution in [2.24, 2.45) is 0 Å². The summed E-state index contributed by atoms with van der Waals surface area (Å²) in [5.74, 6) is -0.648.